The first kappa shape index (κ1) is 14.0. The summed E-state index contributed by atoms with van der Waals surface area (Å²) < 4.78 is 16.1. The highest BCUT2D eigenvalue weighted by molar-refractivity contribution is 5.84. The molecule has 0 fully saturated rings. The van der Waals surface area contributed by atoms with Gasteiger partial charge in [0.25, 0.3) is 0 Å². The minimum Gasteiger partial charge on any atom is -0.496 e. The monoisotopic (exact) mass is 274 g/mol. The first-order valence-electron chi connectivity index (χ1n) is 6.13. The second-order valence-corrected chi connectivity index (χ2v) is 4.30. The van der Waals surface area contributed by atoms with Crippen LogP contribution in [0.15, 0.2) is 24.4 Å². The number of rotatable bonds is 4. The molecule has 0 aliphatic carbocycles. The van der Waals surface area contributed by atoms with E-state index in [1.165, 1.54) is 0 Å². The zero-order valence-corrected chi connectivity index (χ0v) is 12.1. The molecule has 0 radical (unpaired) electrons. The number of nitrogen functional groups attached to an aromatic ring is 1. The molecule has 0 unspecified atom stereocenters. The number of anilines is 1. The van der Waals surface area contributed by atoms with E-state index in [-0.39, 0.29) is 0 Å². The van der Waals surface area contributed by atoms with Crippen LogP contribution in [-0.4, -0.2) is 26.3 Å². The van der Waals surface area contributed by atoms with Gasteiger partial charge in [0.2, 0.25) is 0 Å². The molecule has 106 valence electrons. The minimum absolute atomic E-state index is 0.603. The van der Waals surface area contributed by atoms with E-state index in [1.54, 1.807) is 39.7 Å². The average Bonchev–Trinajstić information content (AvgIpc) is 2.48. The van der Waals surface area contributed by atoms with Gasteiger partial charge in [0, 0.05) is 18.3 Å². The predicted octanol–water partition coefficient (Wildman–Crippen LogP) is 2.67. The lowest BCUT2D eigenvalue weighted by Gasteiger charge is -2.16. The van der Waals surface area contributed by atoms with Crippen LogP contribution in [0.25, 0.3) is 11.3 Å². The Morgan fingerprint density at radius 3 is 2.10 bits per heavy atom. The Kier molecular flexibility index (Phi) is 3.98. The number of aromatic nitrogens is 1. The van der Waals surface area contributed by atoms with Crippen molar-refractivity contribution in [3.63, 3.8) is 0 Å². The van der Waals surface area contributed by atoms with Gasteiger partial charge in [-0.1, -0.05) is 0 Å². The molecule has 20 heavy (non-hydrogen) atoms. The van der Waals surface area contributed by atoms with E-state index in [0.29, 0.717) is 28.6 Å². The third kappa shape index (κ3) is 2.34. The lowest BCUT2D eigenvalue weighted by atomic mass is 10.0. The topological polar surface area (TPSA) is 66.6 Å². The molecular formula is C15H18N2O3. The van der Waals surface area contributed by atoms with E-state index in [9.17, 15) is 0 Å². The highest BCUT2D eigenvalue weighted by Gasteiger charge is 2.19. The molecule has 0 saturated carbocycles. The Morgan fingerprint density at radius 2 is 1.60 bits per heavy atom. The highest BCUT2D eigenvalue weighted by atomic mass is 16.5. The molecule has 0 atom stereocenters. The lowest BCUT2D eigenvalue weighted by molar-refractivity contribution is 0.377. The fourth-order valence-electron chi connectivity index (χ4n) is 2.01. The van der Waals surface area contributed by atoms with E-state index in [2.05, 4.69) is 4.98 Å². The Labute approximate surface area is 118 Å². The fraction of sp³-hybridized carbons (Fsp3) is 0.267. The van der Waals surface area contributed by atoms with Crippen LogP contribution in [-0.2, 0) is 0 Å². The van der Waals surface area contributed by atoms with Gasteiger partial charge in [-0.3, -0.25) is 4.98 Å². The Bertz CT molecular complexity index is 602. The summed E-state index contributed by atoms with van der Waals surface area (Å²) in [6, 6.07) is 5.42. The SMILES string of the molecule is COc1cc(OC)c(-c2nccc(C)c2N)c(OC)c1. The number of nitrogens with zero attached hydrogens (tertiary/aromatic N) is 1. The molecule has 1 aromatic heterocycles. The molecule has 0 bridgehead atoms. The largest absolute Gasteiger partial charge is 0.496 e. The highest BCUT2D eigenvalue weighted by Crippen LogP contribution is 2.43. The third-order valence-electron chi connectivity index (χ3n) is 3.16. The first-order valence-corrected chi connectivity index (χ1v) is 6.13. The molecular weight excluding hydrogens is 256 g/mol. The van der Waals surface area contributed by atoms with Gasteiger partial charge in [-0.2, -0.15) is 0 Å². The van der Waals surface area contributed by atoms with Crippen molar-refractivity contribution in [1.29, 1.82) is 0 Å². The lowest BCUT2D eigenvalue weighted by Crippen LogP contribution is -2.01. The van der Waals surface area contributed by atoms with Crippen molar-refractivity contribution in [2.75, 3.05) is 27.1 Å². The Balaban J connectivity index is 2.74. The fourth-order valence-corrected chi connectivity index (χ4v) is 2.01. The summed E-state index contributed by atoms with van der Waals surface area (Å²) in [5, 5.41) is 0. The van der Waals surface area contributed by atoms with E-state index in [1.807, 2.05) is 13.0 Å². The summed E-state index contributed by atoms with van der Waals surface area (Å²) in [5.74, 6) is 1.85. The molecule has 5 heteroatoms. The number of aryl methyl sites for hydroxylation is 1. The molecule has 5 nitrogen and oxygen atoms in total. The minimum atomic E-state index is 0.603. The van der Waals surface area contributed by atoms with Gasteiger partial charge in [-0.15, -0.1) is 0 Å². The quantitative estimate of drug-likeness (QED) is 0.928. The number of benzene rings is 1. The van der Waals surface area contributed by atoms with Gasteiger partial charge in [0.05, 0.1) is 32.6 Å². The van der Waals surface area contributed by atoms with Crippen LogP contribution in [0.5, 0.6) is 17.2 Å². The summed E-state index contributed by atoms with van der Waals surface area (Å²) in [5.41, 5.74) is 9.05. The molecule has 2 N–H and O–H groups in total. The van der Waals surface area contributed by atoms with Crippen molar-refractivity contribution in [1.82, 2.24) is 4.98 Å². The summed E-state index contributed by atoms with van der Waals surface area (Å²) in [6.07, 6.45) is 1.71. The van der Waals surface area contributed by atoms with Crippen LogP contribution in [0.2, 0.25) is 0 Å². The molecule has 2 aromatic rings. The molecule has 0 amide bonds. The van der Waals surface area contributed by atoms with Crippen LogP contribution < -0.4 is 19.9 Å². The number of methoxy groups -OCH3 is 3. The second-order valence-electron chi connectivity index (χ2n) is 4.30. The molecule has 0 spiro atoms. The molecule has 1 heterocycles. The van der Waals surface area contributed by atoms with Gasteiger partial charge in [0.15, 0.2) is 0 Å². The standard InChI is InChI=1S/C15H18N2O3/c1-9-5-6-17-15(14(9)16)13-11(19-3)7-10(18-2)8-12(13)20-4/h5-8H,16H2,1-4H3. The number of nitrogens with two attached hydrogens (primary N) is 1. The van der Waals surface area contributed by atoms with Gasteiger partial charge >= 0.3 is 0 Å². The van der Waals surface area contributed by atoms with Crippen molar-refractivity contribution >= 4 is 5.69 Å². The van der Waals surface area contributed by atoms with E-state index < -0.39 is 0 Å². The molecule has 0 saturated heterocycles. The third-order valence-corrected chi connectivity index (χ3v) is 3.16. The molecule has 1 aromatic carbocycles. The summed E-state index contributed by atoms with van der Waals surface area (Å²) in [6.45, 7) is 1.93. The van der Waals surface area contributed by atoms with Gasteiger partial charge < -0.3 is 19.9 Å². The number of ether oxygens (including phenoxy) is 3. The first-order chi connectivity index (χ1) is 9.62. The summed E-state index contributed by atoms with van der Waals surface area (Å²) in [7, 11) is 4.76. The zero-order chi connectivity index (χ0) is 14.7. The Morgan fingerprint density at radius 1 is 1.00 bits per heavy atom. The van der Waals surface area contributed by atoms with Crippen molar-refractivity contribution in [2.24, 2.45) is 0 Å². The smallest absolute Gasteiger partial charge is 0.135 e. The maximum atomic E-state index is 6.13. The summed E-state index contributed by atoms with van der Waals surface area (Å²) in [4.78, 5) is 4.36. The average molecular weight is 274 g/mol. The molecule has 0 aliphatic heterocycles. The van der Waals surface area contributed by atoms with E-state index >= 15 is 0 Å². The zero-order valence-electron chi connectivity index (χ0n) is 12.1. The predicted molar refractivity (Wildman–Crippen MR) is 78.5 cm³/mol. The number of hydrogen-bond donors (Lipinski definition) is 1. The molecule has 2 rings (SSSR count). The summed E-state index contributed by atoms with van der Waals surface area (Å²) >= 11 is 0. The van der Waals surface area contributed by atoms with Gasteiger partial charge in [-0.25, -0.2) is 0 Å². The van der Waals surface area contributed by atoms with Crippen molar-refractivity contribution in [3.05, 3.63) is 30.0 Å². The maximum Gasteiger partial charge on any atom is 0.135 e. The Hall–Kier alpha value is -2.43. The number of pyridine rings is 1. The van der Waals surface area contributed by atoms with Gasteiger partial charge in [-0.05, 0) is 18.6 Å². The van der Waals surface area contributed by atoms with Crippen molar-refractivity contribution in [2.45, 2.75) is 6.92 Å². The molecule has 0 aliphatic rings. The van der Waals surface area contributed by atoms with Crippen LogP contribution >= 0.6 is 0 Å². The van der Waals surface area contributed by atoms with Gasteiger partial charge in [0.1, 0.15) is 22.9 Å². The van der Waals surface area contributed by atoms with E-state index in [4.69, 9.17) is 19.9 Å². The van der Waals surface area contributed by atoms with Crippen LogP contribution in [0.4, 0.5) is 5.69 Å². The normalized spacial score (nSPS) is 10.2. The van der Waals surface area contributed by atoms with Crippen molar-refractivity contribution < 1.29 is 14.2 Å². The van der Waals surface area contributed by atoms with Crippen LogP contribution in [0, 0.1) is 6.92 Å². The van der Waals surface area contributed by atoms with Crippen LogP contribution in [0.1, 0.15) is 5.56 Å². The van der Waals surface area contributed by atoms with Crippen molar-refractivity contribution in [3.8, 4) is 28.5 Å². The van der Waals surface area contributed by atoms with E-state index in [0.717, 1.165) is 11.1 Å². The maximum absolute atomic E-state index is 6.13. The second kappa shape index (κ2) is 5.69. The van der Waals surface area contributed by atoms with Crippen LogP contribution in [0.3, 0.4) is 0 Å². The number of hydrogen-bond acceptors (Lipinski definition) is 5.